The maximum Gasteiger partial charge on any atom is 0.419 e. The molecule has 21 heavy (non-hydrogen) atoms. The summed E-state index contributed by atoms with van der Waals surface area (Å²) in [4.78, 5) is 16.4. The summed E-state index contributed by atoms with van der Waals surface area (Å²) in [6, 6.07) is 16.8. The molecular formula is C16H14N2O3. The van der Waals surface area contributed by atoms with Gasteiger partial charge in [-0.15, -0.1) is 0 Å². The third kappa shape index (κ3) is 2.58. The molecule has 0 unspecified atom stereocenters. The Kier molecular flexibility index (Phi) is 3.55. The summed E-state index contributed by atoms with van der Waals surface area (Å²) in [7, 11) is 1.35. The summed E-state index contributed by atoms with van der Waals surface area (Å²) in [5.41, 5.74) is 1.44. The zero-order valence-electron chi connectivity index (χ0n) is 11.5. The van der Waals surface area contributed by atoms with Gasteiger partial charge < -0.3 is 9.47 Å². The lowest BCUT2D eigenvalue weighted by atomic mass is 10.3. The molecule has 2 aromatic carbocycles. The summed E-state index contributed by atoms with van der Waals surface area (Å²) >= 11 is 0. The number of ether oxygens (including phenoxy) is 2. The fourth-order valence-electron chi connectivity index (χ4n) is 2.13. The van der Waals surface area contributed by atoms with Crippen molar-refractivity contribution in [3.8, 4) is 5.75 Å². The molecule has 0 bridgehead atoms. The van der Waals surface area contributed by atoms with Gasteiger partial charge in [0.15, 0.2) is 5.82 Å². The Hall–Kier alpha value is -2.82. The smallest absolute Gasteiger partial charge is 0.419 e. The lowest BCUT2D eigenvalue weighted by Crippen LogP contribution is -2.16. The molecule has 0 N–H and O–H groups in total. The molecule has 0 radical (unpaired) electrons. The third-order valence-electron chi connectivity index (χ3n) is 3.10. The average molecular weight is 282 g/mol. The van der Waals surface area contributed by atoms with Crippen LogP contribution in [0.15, 0.2) is 54.6 Å². The second-order valence-corrected chi connectivity index (χ2v) is 4.42. The van der Waals surface area contributed by atoms with E-state index in [0.29, 0.717) is 11.3 Å². The van der Waals surface area contributed by atoms with E-state index in [9.17, 15) is 4.79 Å². The molecule has 1 aromatic heterocycles. The van der Waals surface area contributed by atoms with Gasteiger partial charge in [-0.3, -0.25) is 0 Å². The van der Waals surface area contributed by atoms with Crippen LogP contribution in [0.5, 0.6) is 5.75 Å². The summed E-state index contributed by atoms with van der Waals surface area (Å²) in [5.74, 6) is 1.23. The van der Waals surface area contributed by atoms with Crippen molar-refractivity contribution in [1.82, 2.24) is 9.55 Å². The zero-order valence-corrected chi connectivity index (χ0v) is 11.5. The van der Waals surface area contributed by atoms with E-state index in [1.54, 1.807) is 0 Å². The Morgan fingerprint density at radius 3 is 2.57 bits per heavy atom. The number of fused-ring (bicyclic) bond motifs is 1. The topological polar surface area (TPSA) is 53.4 Å². The van der Waals surface area contributed by atoms with E-state index < -0.39 is 6.09 Å². The molecule has 0 aliphatic heterocycles. The van der Waals surface area contributed by atoms with Gasteiger partial charge in [-0.2, -0.15) is 0 Å². The summed E-state index contributed by atoms with van der Waals surface area (Å²) < 4.78 is 11.9. The van der Waals surface area contributed by atoms with E-state index in [0.717, 1.165) is 11.3 Å². The van der Waals surface area contributed by atoms with Crippen LogP contribution in [0, 0.1) is 0 Å². The van der Waals surface area contributed by atoms with Crippen LogP contribution in [0.1, 0.15) is 5.82 Å². The van der Waals surface area contributed by atoms with Crippen molar-refractivity contribution in [2.75, 3.05) is 7.11 Å². The number of methoxy groups -OCH3 is 1. The van der Waals surface area contributed by atoms with Gasteiger partial charge >= 0.3 is 6.09 Å². The largest absolute Gasteiger partial charge is 0.486 e. The molecule has 5 nitrogen and oxygen atoms in total. The van der Waals surface area contributed by atoms with E-state index in [-0.39, 0.29) is 6.61 Å². The molecule has 0 atom stereocenters. The minimum Gasteiger partial charge on any atom is -0.486 e. The van der Waals surface area contributed by atoms with Crippen LogP contribution < -0.4 is 4.74 Å². The number of hydrogen-bond donors (Lipinski definition) is 0. The molecule has 0 fully saturated rings. The van der Waals surface area contributed by atoms with Gasteiger partial charge in [0, 0.05) is 0 Å². The standard InChI is InChI=1S/C16H14N2O3/c1-20-16(19)18-14-10-6-5-9-13(14)17-15(18)11-21-12-7-3-2-4-8-12/h2-10H,11H2,1H3. The van der Waals surface area contributed by atoms with Gasteiger partial charge in [0.25, 0.3) is 0 Å². The summed E-state index contributed by atoms with van der Waals surface area (Å²) in [6.07, 6.45) is -0.477. The number of rotatable bonds is 3. The molecule has 5 heteroatoms. The van der Waals surface area contributed by atoms with Crippen molar-refractivity contribution in [3.63, 3.8) is 0 Å². The van der Waals surface area contributed by atoms with Gasteiger partial charge in [0.2, 0.25) is 0 Å². The van der Waals surface area contributed by atoms with Crippen LogP contribution in [0.25, 0.3) is 11.0 Å². The second kappa shape index (κ2) is 5.66. The van der Waals surface area contributed by atoms with Gasteiger partial charge in [-0.25, -0.2) is 14.3 Å². The molecular weight excluding hydrogens is 268 g/mol. The minimum absolute atomic E-state index is 0.188. The summed E-state index contributed by atoms with van der Waals surface area (Å²) in [5, 5.41) is 0. The van der Waals surface area contributed by atoms with Crippen molar-refractivity contribution in [1.29, 1.82) is 0 Å². The number of benzene rings is 2. The normalized spacial score (nSPS) is 10.5. The Morgan fingerprint density at radius 1 is 1.10 bits per heavy atom. The summed E-state index contributed by atoms with van der Waals surface area (Å²) in [6.45, 7) is 0.188. The zero-order chi connectivity index (χ0) is 14.7. The van der Waals surface area contributed by atoms with Crippen molar-refractivity contribution in [2.45, 2.75) is 6.61 Å². The number of imidazole rings is 1. The van der Waals surface area contributed by atoms with Gasteiger partial charge in [0.1, 0.15) is 12.4 Å². The average Bonchev–Trinajstić information content (AvgIpc) is 2.91. The molecule has 0 saturated carbocycles. The fraction of sp³-hybridized carbons (Fsp3) is 0.125. The minimum atomic E-state index is -0.477. The van der Waals surface area contributed by atoms with Crippen LogP contribution in [0.3, 0.4) is 0 Å². The maximum atomic E-state index is 12.0. The monoisotopic (exact) mass is 282 g/mol. The molecule has 106 valence electrons. The maximum absolute atomic E-state index is 12.0. The Labute approximate surface area is 121 Å². The van der Waals surface area contributed by atoms with Crippen LogP contribution in [0.4, 0.5) is 4.79 Å². The highest BCUT2D eigenvalue weighted by molar-refractivity contribution is 5.87. The number of carbonyl (C=O) groups is 1. The van der Waals surface area contributed by atoms with E-state index in [2.05, 4.69) is 4.98 Å². The first-order valence-corrected chi connectivity index (χ1v) is 6.52. The van der Waals surface area contributed by atoms with Gasteiger partial charge in [-0.1, -0.05) is 30.3 Å². The molecule has 3 aromatic rings. The number of nitrogens with zero attached hydrogens (tertiary/aromatic N) is 2. The number of carbonyl (C=O) groups excluding carboxylic acids is 1. The lowest BCUT2D eigenvalue weighted by molar-refractivity contribution is 0.171. The Balaban J connectivity index is 1.95. The van der Waals surface area contributed by atoms with Crippen LogP contribution in [-0.4, -0.2) is 22.8 Å². The number of aromatic nitrogens is 2. The SMILES string of the molecule is COC(=O)n1c(COc2ccccc2)nc2ccccc21. The quantitative estimate of drug-likeness (QED) is 0.740. The molecule has 3 rings (SSSR count). The van der Waals surface area contributed by atoms with Crippen molar-refractivity contribution in [3.05, 3.63) is 60.4 Å². The molecule has 0 saturated heterocycles. The van der Waals surface area contributed by atoms with Crippen molar-refractivity contribution in [2.24, 2.45) is 0 Å². The van der Waals surface area contributed by atoms with Crippen LogP contribution >= 0.6 is 0 Å². The van der Waals surface area contributed by atoms with Crippen molar-refractivity contribution >= 4 is 17.1 Å². The van der Waals surface area contributed by atoms with E-state index in [1.165, 1.54) is 11.7 Å². The van der Waals surface area contributed by atoms with Crippen molar-refractivity contribution < 1.29 is 14.3 Å². The van der Waals surface area contributed by atoms with Gasteiger partial charge in [-0.05, 0) is 24.3 Å². The molecule has 0 aliphatic rings. The Bertz CT molecular complexity index is 766. The highest BCUT2D eigenvalue weighted by atomic mass is 16.5. The molecule has 0 amide bonds. The number of para-hydroxylation sites is 3. The first-order chi connectivity index (χ1) is 10.3. The second-order valence-electron chi connectivity index (χ2n) is 4.42. The van der Waals surface area contributed by atoms with Crippen LogP contribution in [0.2, 0.25) is 0 Å². The van der Waals surface area contributed by atoms with E-state index in [1.807, 2.05) is 54.6 Å². The van der Waals surface area contributed by atoms with E-state index >= 15 is 0 Å². The highest BCUT2D eigenvalue weighted by Gasteiger charge is 2.17. The highest BCUT2D eigenvalue weighted by Crippen LogP contribution is 2.18. The molecule has 0 spiro atoms. The fourth-order valence-corrected chi connectivity index (χ4v) is 2.13. The molecule has 0 aliphatic carbocycles. The lowest BCUT2D eigenvalue weighted by Gasteiger charge is -2.08. The first-order valence-electron chi connectivity index (χ1n) is 6.52. The molecule has 1 heterocycles. The third-order valence-corrected chi connectivity index (χ3v) is 3.10. The van der Waals surface area contributed by atoms with Gasteiger partial charge in [0.05, 0.1) is 18.1 Å². The number of hydrogen-bond acceptors (Lipinski definition) is 4. The first kappa shape index (κ1) is 13.2. The predicted octanol–water partition coefficient (Wildman–Crippen LogP) is 3.23. The van der Waals surface area contributed by atoms with Crippen LogP contribution in [-0.2, 0) is 11.3 Å². The van der Waals surface area contributed by atoms with E-state index in [4.69, 9.17) is 9.47 Å². The Morgan fingerprint density at radius 2 is 1.81 bits per heavy atom. The predicted molar refractivity (Wildman–Crippen MR) is 78.3 cm³/mol.